The largest absolute Gasteiger partial charge is 0.376 e. The molecule has 0 saturated heterocycles. The summed E-state index contributed by atoms with van der Waals surface area (Å²) >= 11 is 4.82. The van der Waals surface area contributed by atoms with E-state index in [0.29, 0.717) is 16.7 Å². The number of thiazole rings is 1. The molecular weight excluding hydrogens is 292 g/mol. The van der Waals surface area contributed by atoms with Crippen molar-refractivity contribution in [3.05, 3.63) is 37.1 Å². The number of nitrogens with one attached hydrogen (secondary N) is 2. The van der Waals surface area contributed by atoms with E-state index in [0.717, 1.165) is 5.01 Å². The molecule has 7 heteroatoms. The van der Waals surface area contributed by atoms with Crippen molar-refractivity contribution in [1.29, 1.82) is 0 Å². The van der Waals surface area contributed by atoms with E-state index in [9.17, 15) is 4.79 Å². The van der Waals surface area contributed by atoms with Gasteiger partial charge < -0.3 is 5.32 Å². The van der Waals surface area contributed by atoms with Gasteiger partial charge in [0.15, 0.2) is 0 Å². The fourth-order valence-corrected chi connectivity index (χ4v) is 2.22. The minimum Gasteiger partial charge on any atom is -0.376 e. The summed E-state index contributed by atoms with van der Waals surface area (Å²) in [6, 6.07) is 0. The zero-order valence-electron chi connectivity index (χ0n) is 8.45. The van der Waals surface area contributed by atoms with Gasteiger partial charge in [0.2, 0.25) is 0 Å². The molecule has 0 aliphatic heterocycles. The molecule has 2 aromatic heterocycles. The van der Waals surface area contributed by atoms with Gasteiger partial charge in [0, 0.05) is 11.1 Å². The molecule has 0 saturated carbocycles. The van der Waals surface area contributed by atoms with Gasteiger partial charge in [0.1, 0.15) is 9.48 Å². The average molecular weight is 301 g/mol. The van der Waals surface area contributed by atoms with Crippen molar-refractivity contribution < 1.29 is 0 Å². The highest BCUT2D eigenvalue weighted by atomic mass is 79.9. The lowest BCUT2D eigenvalue weighted by Crippen LogP contribution is -2.12. The van der Waals surface area contributed by atoms with E-state index in [1.54, 1.807) is 17.5 Å². The molecule has 5 nitrogen and oxygen atoms in total. The molecule has 0 unspecified atom stereocenters. The molecule has 2 heterocycles. The molecular formula is C9H9BrN4OS. The monoisotopic (exact) mass is 300 g/mol. The Bertz CT molecular complexity index is 550. The number of aryl methyl sites for hydroxylation is 1. The number of hydrogen-bond donors (Lipinski definition) is 2. The molecule has 0 fully saturated rings. The highest BCUT2D eigenvalue weighted by Gasteiger charge is 2.05. The third-order valence-corrected chi connectivity index (χ3v) is 3.59. The normalized spacial score (nSPS) is 10.4. The first-order valence-electron chi connectivity index (χ1n) is 4.55. The fraction of sp³-hybridized carbons (Fsp3) is 0.222. The molecule has 0 spiro atoms. The third kappa shape index (κ3) is 2.48. The van der Waals surface area contributed by atoms with E-state index in [-0.39, 0.29) is 5.56 Å². The minimum absolute atomic E-state index is 0.250. The van der Waals surface area contributed by atoms with Gasteiger partial charge in [-0.1, -0.05) is 0 Å². The van der Waals surface area contributed by atoms with Crippen LogP contribution in [0.1, 0.15) is 9.88 Å². The topological polar surface area (TPSA) is 70.7 Å². The highest BCUT2D eigenvalue weighted by molar-refractivity contribution is 9.10. The molecule has 2 N–H and O–H groups in total. The zero-order valence-corrected chi connectivity index (χ0v) is 10.9. The van der Waals surface area contributed by atoms with Crippen LogP contribution >= 0.6 is 27.3 Å². The Morgan fingerprint density at radius 2 is 2.38 bits per heavy atom. The number of H-pyrrole nitrogens is 1. The molecule has 0 aliphatic rings. The van der Waals surface area contributed by atoms with Crippen molar-refractivity contribution in [1.82, 2.24) is 15.2 Å². The van der Waals surface area contributed by atoms with Crippen LogP contribution in [-0.2, 0) is 6.54 Å². The minimum atomic E-state index is -0.250. The quantitative estimate of drug-likeness (QED) is 0.908. The van der Waals surface area contributed by atoms with Crippen LogP contribution in [0.5, 0.6) is 0 Å². The first-order chi connectivity index (χ1) is 7.66. The summed E-state index contributed by atoms with van der Waals surface area (Å²) in [4.78, 5) is 16.6. The van der Waals surface area contributed by atoms with E-state index in [1.807, 2.05) is 13.1 Å². The summed E-state index contributed by atoms with van der Waals surface area (Å²) in [5, 5.41) is 10.1. The molecule has 84 valence electrons. The maximum Gasteiger partial charge on any atom is 0.280 e. The van der Waals surface area contributed by atoms with Gasteiger partial charge in [0.05, 0.1) is 18.4 Å². The summed E-state index contributed by atoms with van der Waals surface area (Å²) in [5.41, 5.74) is 0.414. The molecule has 0 bridgehead atoms. The Balaban J connectivity index is 2.10. The molecule has 2 aromatic rings. The number of hydrogen-bond acceptors (Lipinski definition) is 5. The second kappa shape index (κ2) is 4.75. The fourth-order valence-electron chi connectivity index (χ4n) is 1.16. The van der Waals surface area contributed by atoms with Crippen LogP contribution in [0.15, 0.2) is 21.7 Å². The first-order valence-corrected chi connectivity index (χ1v) is 6.16. The number of aromatic amines is 1. The predicted molar refractivity (Wildman–Crippen MR) is 66.7 cm³/mol. The highest BCUT2D eigenvalue weighted by Crippen LogP contribution is 2.18. The molecule has 16 heavy (non-hydrogen) atoms. The van der Waals surface area contributed by atoms with Crippen LogP contribution in [0.25, 0.3) is 0 Å². The lowest BCUT2D eigenvalue weighted by atomic mass is 10.4. The summed E-state index contributed by atoms with van der Waals surface area (Å²) in [6.45, 7) is 2.59. The first kappa shape index (κ1) is 11.3. The molecule has 0 aliphatic carbocycles. The number of halogens is 1. The summed E-state index contributed by atoms with van der Waals surface area (Å²) < 4.78 is 0.454. The maximum atomic E-state index is 11.2. The molecule has 0 radical (unpaired) electrons. The Morgan fingerprint density at radius 1 is 1.56 bits per heavy atom. The van der Waals surface area contributed by atoms with Gasteiger partial charge in [-0.15, -0.1) is 11.3 Å². The van der Waals surface area contributed by atoms with Crippen molar-refractivity contribution in [2.75, 3.05) is 5.32 Å². The smallest absolute Gasteiger partial charge is 0.280 e. The number of rotatable bonds is 3. The van der Waals surface area contributed by atoms with Gasteiger partial charge in [-0.05, 0) is 22.9 Å². The van der Waals surface area contributed by atoms with Gasteiger partial charge >= 0.3 is 0 Å². The van der Waals surface area contributed by atoms with E-state index in [4.69, 9.17) is 0 Å². The lowest BCUT2D eigenvalue weighted by molar-refractivity contribution is 0.969. The number of aromatic nitrogens is 3. The SMILES string of the molecule is Cc1cnc(CNc2cn[nH]c(=O)c2Br)s1. The van der Waals surface area contributed by atoms with Crippen molar-refractivity contribution in [2.24, 2.45) is 0 Å². The van der Waals surface area contributed by atoms with Gasteiger partial charge in [-0.25, -0.2) is 10.1 Å². The molecule has 0 amide bonds. The number of nitrogens with zero attached hydrogens (tertiary/aromatic N) is 2. The molecule has 0 aromatic carbocycles. The van der Waals surface area contributed by atoms with Gasteiger partial charge in [0.25, 0.3) is 5.56 Å². The van der Waals surface area contributed by atoms with E-state index in [2.05, 4.69) is 36.4 Å². The summed E-state index contributed by atoms with van der Waals surface area (Å²) in [7, 11) is 0. The van der Waals surface area contributed by atoms with Crippen LogP contribution in [-0.4, -0.2) is 15.2 Å². The van der Waals surface area contributed by atoms with E-state index < -0.39 is 0 Å². The Hall–Kier alpha value is -1.21. The zero-order chi connectivity index (χ0) is 11.5. The maximum absolute atomic E-state index is 11.2. The standard InChI is InChI=1S/C9H9BrN4OS/c1-5-2-12-7(16-5)4-11-6-3-13-14-9(15)8(6)10/h2-3H,4H2,1H3,(H2,11,14,15). The molecule has 2 rings (SSSR count). The summed E-state index contributed by atoms with van der Waals surface area (Å²) in [5.74, 6) is 0. The Labute approximate surface area is 104 Å². The van der Waals surface area contributed by atoms with E-state index in [1.165, 1.54) is 4.88 Å². The van der Waals surface area contributed by atoms with Crippen LogP contribution in [0.2, 0.25) is 0 Å². The second-order valence-electron chi connectivity index (χ2n) is 3.14. The van der Waals surface area contributed by atoms with Crippen molar-refractivity contribution in [3.63, 3.8) is 0 Å². The van der Waals surface area contributed by atoms with E-state index >= 15 is 0 Å². The van der Waals surface area contributed by atoms with Gasteiger partial charge in [-0.3, -0.25) is 4.79 Å². The van der Waals surface area contributed by atoms with Crippen LogP contribution in [0, 0.1) is 6.92 Å². The summed E-state index contributed by atoms with van der Waals surface area (Å²) in [6.07, 6.45) is 3.39. The Morgan fingerprint density at radius 3 is 3.06 bits per heavy atom. The van der Waals surface area contributed by atoms with Crippen LogP contribution in [0.4, 0.5) is 5.69 Å². The van der Waals surface area contributed by atoms with Gasteiger partial charge in [-0.2, -0.15) is 5.10 Å². The average Bonchev–Trinajstić information content (AvgIpc) is 2.67. The second-order valence-corrected chi connectivity index (χ2v) is 5.26. The Kier molecular flexibility index (Phi) is 3.35. The molecule has 0 atom stereocenters. The van der Waals surface area contributed by atoms with Crippen molar-refractivity contribution >= 4 is 33.0 Å². The predicted octanol–water partition coefficient (Wildman–Crippen LogP) is 1.91. The lowest BCUT2D eigenvalue weighted by Gasteiger charge is -2.04. The third-order valence-electron chi connectivity index (χ3n) is 1.89. The van der Waals surface area contributed by atoms with Crippen molar-refractivity contribution in [2.45, 2.75) is 13.5 Å². The van der Waals surface area contributed by atoms with Crippen LogP contribution < -0.4 is 10.9 Å². The van der Waals surface area contributed by atoms with Crippen LogP contribution in [0.3, 0.4) is 0 Å². The number of anilines is 1. The van der Waals surface area contributed by atoms with Crippen molar-refractivity contribution in [3.8, 4) is 0 Å².